The topological polar surface area (TPSA) is 46.5 Å². The molecule has 98 valence electrons. The lowest BCUT2D eigenvalue weighted by Crippen LogP contribution is -1.98. The summed E-state index contributed by atoms with van der Waals surface area (Å²) in [6, 6.07) is 7.43. The molecule has 1 N–H and O–H groups in total. The monoisotopic (exact) mass is 264 g/mol. The van der Waals surface area contributed by atoms with Crippen LogP contribution in [0.3, 0.4) is 0 Å². The molecule has 0 saturated carbocycles. The molecule has 0 aliphatic heterocycles. The average molecular weight is 264 g/mol. The third-order valence-electron chi connectivity index (χ3n) is 2.63. The van der Waals surface area contributed by atoms with Crippen molar-refractivity contribution in [1.29, 1.82) is 0 Å². The molecule has 0 aliphatic rings. The van der Waals surface area contributed by atoms with Crippen LogP contribution in [0.1, 0.15) is 10.4 Å². The van der Waals surface area contributed by atoms with Gasteiger partial charge in [0.05, 0.1) is 12.7 Å². The van der Waals surface area contributed by atoms with E-state index in [1.165, 1.54) is 31.4 Å². The van der Waals surface area contributed by atoms with Crippen molar-refractivity contribution in [3.8, 4) is 16.9 Å². The number of carbonyl (C=O) groups is 1. The summed E-state index contributed by atoms with van der Waals surface area (Å²) in [5.41, 5.74) is 0.477. The van der Waals surface area contributed by atoms with Crippen molar-refractivity contribution in [2.24, 2.45) is 0 Å². The Bertz CT molecular complexity index is 639. The van der Waals surface area contributed by atoms with Gasteiger partial charge in [0.2, 0.25) is 0 Å². The van der Waals surface area contributed by atoms with Crippen LogP contribution in [0.2, 0.25) is 0 Å². The summed E-state index contributed by atoms with van der Waals surface area (Å²) >= 11 is 0. The van der Waals surface area contributed by atoms with Crippen LogP contribution in [-0.2, 0) is 0 Å². The van der Waals surface area contributed by atoms with Gasteiger partial charge in [-0.25, -0.2) is 13.6 Å². The highest BCUT2D eigenvalue weighted by atomic mass is 19.1. The number of benzene rings is 2. The van der Waals surface area contributed by atoms with Gasteiger partial charge in [0.25, 0.3) is 0 Å². The van der Waals surface area contributed by atoms with E-state index in [1.54, 1.807) is 0 Å². The minimum Gasteiger partial charge on any atom is -0.494 e. The fourth-order valence-electron chi connectivity index (χ4n) is 1.73. The van der Waals surface area contributed by atoms with E-state index in [-0.39, 0.29) is 11.3 Å². The van der Waals surface area contributed by atoms with E-state index in [0.29, 0.717) is 11.1 Å². The van der Waals surface area contributed by atoms with Gasteiger partial charge in [-0.3, -0.25) is 0 Å². The molecule has 0 fully saturated rings. The van der Waals surface area contributed by atoms with Crippen LogP contribution in [0.15, 0.2) is 36.4 Å². The summed E-state index contributed by atoms with van der Waals surface area (Å²) in [6.45, 7) is 0. The molecule has 2 aromatic carbocycles. The van der Waals surface area contributed by atoms with E-state index in [1.807, 2.05) is 0 Å². The van der Waals surface area contributed by atoms with Gasteiger partial charge in [-0.1, -0.05) is 6.07 Å². The van der Waals surface area contributed by atoms with Gasteiger partial charge in [-0.2, -0.15) is 0 Å². The maximum Gasteiger partial charge on any atom is 0.335 e. The predicted molar refractivity (Wildman–Crippen MR) is 65.3 cm³/mol. The average Bonchev–Trinajstić information content (AvgIpc) is 2.37. The SMILES string of the molecule is COc1ccc(-c2cc(F)cc(C(=O)O)c2)cc1F. The van der Waals surface area contributed by atoms with Gasteiger partial charge in [0.1, 0.15) is 5.82 Å². The van der Waals surface area contributed by atoms with Gasteiger partial charge < -0.3 is 9.84 Å². The van der Waals surface area contributed by atoms with Crippen molar-refractivity contribution in [2.75, 3.05) is 7.11 Å². The molecular weight excluding hydrogens is 254 g/mol. The molecule has 19 heavy (non-hydrogen) atoms. The van der Waals surface area contributed by atoms with Gasteiger partial charge in [0, 0.05) is 0 Å². The van der Waals surface area contributed by atoms with Crippen LogP contribution >= 0.6 is 0 Å². The molecule has 0 amide bonds. The number of hydrogen-bond acceptors (Lipinski definition) is 2. The molecule has 0 heterocycles. The summed E-state index contributed by atoms with van der Waals surface area (Å²) in [7, 11) is 1.34. The van der Waals surface area contributed by atoms with Gasteiger partial charge in [-0.15, -0.1) is 0 Å². The first kappa shape index (κ1) is 13.0. The standard InChI is InChI=1S/C14H10F2O3/c1-19-13-3-2-8(7-12(13)16)9-4-10(14(17)18)6-11(15)5-9/h2-7H,1H3,(H,17,18). The number of halogens is 2. The molecule has 0 radical (unpaired) electrons. The fourth-order valence-corrected chi connectivity index (χ4v) is 1.73. The largest absolute Gasteiger partial charge is 0.494 e. The van der Waals surface area contributed by atoms with Crippen LogP contribution < -0.4 is 4.74 Å². The van der Waals surface area contributed by atoms with Crippen LogP contribution in [0.5, 0.6) is 5.75 Å². The first-order valence-electron chi connectivity index (χ1n) is 5.39. The van der Waals surface area contributed by atoms with Crippen molar-refractivity contribution in [2.45, 2.75) is 0 Å². The Morgan fingerprint density at radius 3 is 2.42 bits per heavy atom. The first-order chi connectivity index (χ1) is 9.01. The van der Waals surface area contributed by atoms with Crippen molar-refractivity contribution >= 4 is 5.97 Å². The Morgan fingerprint density at radius 1 is 1.11 bits per heavy atom. The molecule has 0 aromatic heterocycles. The fraction of sp³-hybridized carbons (Fsp3) is 0.0714. The number of methoxy groups -OCH3 is 1. The summed E-state index contributed by atoms with van der Waals surface area (Å²) in [5, 5.41) is 8.86. The maximum atomic E-state index is 13.6. The minimum atomic E-state index is -1.24. The number of carboxylic acids is 1. The van der Waals surface area contributed by atoms with E-state index in [4.69, 9.17) is 9.84 Å². The molecule has 0 aliphatic carbocycles. The number of rotatable bonds is 3. The van der Waals surface area contributed by atoms with Crippen LogP contribution in [0.4, 0.5) is 8.78 Å². The van der Waals surface area contributed by atoms with Crippen molar-refractivity contribution < 1.29 is 23.4 Å². The molecule has 0 unspecified atom stereocenters. The minimum absolute atomic E-state index is 0.0682. The number of carboxylic acid groups (broad SMARTS) is 1. The van der Waals surface area contributed by atoms with Crippen LogP contribution in [0, 0.1) is 11.6 Å². The van der Waals surface area contributed by atoms with Gasteiger partial charge >= 0.3 is 5.97 Å². The lowest BCUT2D eigenvalue weighted by molar-refractivity contribution is 0.0696. The highest BCUT2D eigenvalue weighted by Gasteiger charge is 2.10. The van der Waals surface area contributed by atoms with E-state index in [9.17, 15) is 13.6 Å². The Morgan fingerprint density at radius 2 is 1.84 bits per heavy atom. The predicted octanol–water partition coefficient (Wildman–Crippen LogP) is 3.34. The third-order valence-corrected chi connectivity index (χ3v) is 2.63. The lowest BCUT2D eigenvalue weighted by atomic mass is 10.0. The van der Waals surface area contributed by atoms with E-state index < -0.39 is 17.6 Å². The first-order valence-corrected chi connectivity index (χ1v) is 5.39. The molecule has 0 bridgehead atoms. The summed E-state index contributed by atoms with van der Waals surface area (Å²) in [5.74, 6) is -2.46. The molecule has 0 spiro atoms. The highest BCUT2D eigenvalue weighted by molar-refractivity contribution is 5.89. The Kier molecular flexibility index (Phi) is 3.46. The second kappa shape index (κ2) is 5.06. The summed E-state index contributed by atoms with van der Waals surface area (Å²) in [4.78, 5) is 10.8. The number of aromatic carboxylic acids is 1. The maximum absolute atomic E-state index is 13.6. The molecular formula is C14H10F2O3. The lowest BCUT2D eigenvalue weighted by Gasteiger charge is -2.07. The number of hydrogen-bond donors (Lipinski definition) is 1. The zero-order valence-electron chi connectivity index (χ0n) is 9.98. The molecule has 2 rings (SSSR count). The summed E-state index contributed by atoms with van der Waals surface area (Å²) in [6.07, 6.45) is 0. The third kappa shape index (κ3) is 2.70. The Balaban J connectivity index is 2.52. The second-order valence-electron chi connectivity index (χ2n) is 3.88. The Labute approximate surface area is 108 Å². The van der Waals surface area contributed by atoms with Gasteiger partial charge in [-0.05, 0) is 41.5 Å². The molecule has 5 heteroatoms. The van der Waals surface area contributed by atoms with Crippen molar-refractivity contribution in [3.05, 3.63) is 53.6 Å². The zero-order valence-corrected chi connectivity index (χ0v) is 9.98. The quantitative estimate of drug-likeness (QED) is 0.924. The van der Waals surface area contributed by atoms with Crippen molar-refractivity contribution in [1.82, 2.24) is 0 Å². The summed E-state index contributed by atoms with van der Waals surface area (Å²) < 4.78 is 31.7. The second-order valence-corrected chi connectivity index (χ2v) is 3.88. The highest BCUT2D eigenvalue weighted by Crippen LogP contribution is 2.26. The van der Waals surface area contributed by atoms with Crippen molar-refractivity contribution in [3.63, 3.8) is 0 Å². The molecule has 3 nitrogen and oxygen atoms in total. The van der Waals surface area contributed by atoms with E-state index in [2.05, 4.69) is 0 Å². The molecule has 0 saturated heterocycles. The zero-order chi connectivity index (χ0) is 14.0. The molecule has 0 atom stereocenters. The Hall–Kier alpha value is -2.43. The van der Waals surface area contributed by atoms with Gasteiger partial charge in [0.15, 0.2) is 11.6 Å². The van der Waals surface area contributed by atoms with E-state index in [0.717, 1.165) is 12.1 Å². The number of ether oxygens (including phenoxy) is 1. The van der Waals surface area contributed by atoms with E-state index >= 15 is 0 Å². The smallest absolute Gasteiger partial charge is 0.335 e. The van der Waals surface area contributed by atoms with Crippen LogP contribution in [-0.4, -0.2) is 18.2 Å². The normalized spacial score (nSPS) is 10.3. The molecule has 2 aromatic rings. The van der Waals surface area contributed by atoms with Crippen LogP contribution in [0.25, 0.3) is 11.1 Å².